The van der Waals surface area contributed by atoms with Crippen molar-refractivity contribution in [3.05, 3.63) is 10.0 Å². The molecule has 1 aromatic heterocycles. The Morgan fingerprint density at radius 2 is 2.22 bits per heavy atom. The van der Waals surface area contributed by atoms with E-state index in [1.165, 1.54) is 37.7 Å². The molecule has 0 bridgehead atoms. The van der Waals surface area contributed by atoms with Crippen LogP contribution in [-0.4, -0.2) is 24.1 Å². The van der Waals surface area contributed by atoms with Gasteiger partial charge in [-0.1, -0.05) is 42.7 Å². The third-order valence-electron chi connectivity index (χ3n) is 3.38. The van der Waals surface area contributed by atoms with Crippen molar-refractivity contribution in [1.82, 2.24) is 4.98 Å². The molecule has 4 nitrogen and oxygen atoms in total. The first-order valence-corrected chi connectivity index (χ1v) is 7.32. The first-order chi connectivity index (χ1) is 8.61. The van der Waals surface area contributed by atoms with Crippen LogP contribution in [0, 0.1) is 5.92 Å². The van der Waals surface area contributed by atoms with E-state index in [4.69, 9.17) is 11.6 Å². The van der Waals surface area contributed by atoms with Gasteiger partial charge in [-0.25, -0.2) is 9.78 Å². The highest BCUT2D eigenvalue weighted by molar-refractivity contribution is 7.18. The van der Waals surface area contributed by atoms with Crippen molar-refractivity contribution in [3.8, 4) is 0 Å². The maximum atomic E-state index is 11.4. The summed E-state index contributed by atoms with van der Waals surface area (Å²) in [6, 6.07) is 0.423. The molecule has 1 aromatic rings. The Morgan fingerprint density at radius 1 is 1.50 bits per heavy atom. The lowest BCUT2D eigenvalue weighted by molar-refractivity contribution is 0.0606. The first kappa shape index (κ1) is 13.6. The van der Waals surface area contributed by atoms with Gasteiger partial charge in [0.2, 0.25) is 0 Å². The van der Waals surface area contributed by atoms with Gasteiger partial charge in [-0.05, 0) is 18.8 Å². The summed E-state index contributed by atoms with van der Waals surface area (Å²) in [5, 5.41) is 4.31. The molecule has 6 heteroatoms. The van der Waals surface area contributed by atoms with Crippen LogP contribution in [-0.2, 0) is 4.74 Å². The van der Waals surface area contributed by atoms with Crippen molar-refractivity contribution >= 4 is 34.0 Å². The van der Waals surface area contributed by atoms with Crippen LogP contribution in [0.3, 0.4) is 0 Å². The van der Waals surface area contributed by atoms with Gasteiger partial charge in [-0.3, -0.25) is 0 Å². The van der Waals surface area contributed by atoms with E-state index in [9.17, 15) is 4.79 Å². The SMILES string of the molecule is COC(=O)c1sc(NC2CCCCC2C)nc1Cl. The van der Waals surface area contributed by atoms with Crippen LogP contribution in [0.1, 0.15) is 42.3 Å². The Balaban J connectivity index is 2.07. The smallest absolute Gasteiger partial charge is 0.351 e. The number of thiazole rings is 1. The number of hydrogen-bond acceptors (Lipinski definition) is 5. The van der Waals surface area contributed by atoms with Gasteiger partial charge >= 0.3 is 5.97 Å². The van der Waals surface area contributed by atoms with Crippen molar-refractivity contribution in [2.45, 2.75) is 38.6 Å². The summed E-state index contributed by atoms with van der Waals surface area (Å²) in [6.07, 6.45) is 4.92. The largest absolute Gasteiger partial charge is 0.465 e. The number of ether oxygens (including phenoxy) is 1. The van der Waals surface area contributed by atoms with Gasteiger partial charge in [0.15, 0.2) is 15.2 Å². The Bertz CT molecular complexity index is 436. The second-order valence-electron chi connectivity index (χ2n) is 4.64. The fraction of sp³-hybridized carbons (Fsp3) is 0.667. The van der Waals surface area contributed by atoms with Crippen LogP contribution in [0.15, 0.2) is 0 Å². The molecule has 1 aliphatic rings. The average Bonchev–Trinajstić information content (AvgIpc) is 2.72. The molecule has 18 heavy (non-hydrogen) atoms. The fourth-order valence-electron chi connectivity index (χ4n) is 2.27. The standard InChI is InChI=1S/C12H17ClN2O2S/c1-7-5-3-4-6-8(7)14-12-15-10(13)9(18-12)11(16)17-2/h7-8H,3-6H2,1-2H3,(H,14,15). The zero-order chi connectivity index (χ0) is 13.1. The fourth-order valence-corrected chi connectivity index (χ4v) is 3.44. The number of nitrogens with one attached hydrogen (secondary N) is 1. The Morgan fingerprint density at radius 3 is 2.89 bits per heavy atom. The van der Waals surface area contributed by atoms with E-state index in [2.05, 4.69) is 22.0 Å². The molecule has 0 radical (unpaired) electrons. The van der Waals surface area contributed by atoms with Crippen LogP contribution < -0.4 is 5.32 Å². The van der Waals surface area contributed by atoms with Crippen molar-refractivity contribution in [2.24, 2.45) is 5.92 Å². The maximum Gasteiger partial charge on any atom is 0.351 e. The normalized spacial score (nSPS) is 23.7. The van der Waals surface area contributed by atoms with Crippen LogP contribution in [0.4, 0.5) is 5.13 Å². The number of halogens is 1. The molecular weight excluding hydrogens is 272 g/mol. The van der Waals surface area contributed by atoms with E-state index in [-0.39, 0.29) is 5.15 Å². The molecular formula is C12H17ClN2O2S. The summed E-state index contributed by atoms with van der Waals surface area (Å²) >= 11 is 7.19. The predicted octanol–water partition coefficient (Wildman–Crippen LogP) is 3.57. The quantitative estimate of drug-likeness (QED) is 0.864. The van der Waals surface area contributed by atoms with Crippen molar-refractivity contribution in [3.63, 3.8) is 0 Å². The molecule has 2 rings (SSSR count). The number of carbonyl (C=O) groups is 1. The minimum Gasteiger partial charge on any atom is -0.465 e. The molecule has 1 fully saturated rings. The molecule has 1 aliphatic carbocycles. The minimum atomic E-state index is -0.428. The second-order valence-corrected chi connectivity index (χ2v) is 6.00. The number of esters is 1. The predicted molar refractivity (Wildman–Crippen MR) is 73.5 cm³/mol. The lowest BCUT2D eigenvalue weighted by atomic mass is 9.86. The number of aromatic nitrogens is 1. The molecule has 0 spiro atoms. The molecule has 1 N–H and O–H groups in total. The zero-order valence-electron chi connectivity index (χ0n) is 10.5. The number of rotatable bonds is 3. The van der Waals surface area contributed by atoms with Gasteiger partial charge in [0.1, 0.15) is 0 Å². The summed E-state index contributed by atoms with van der Waals surface area (Å²) in [4.78, 5) is 16.0. The Labute approximate surface area is 116 Å². The van der Waals surface area contributed by atoms with Gasteiger partial charge in [0.05, 0.1) is 7.11 Å². The van der Waals surface area contributed by atoms with Crippen molar-refractivity contribution in [2.75, 3.05) is 12.4 Å². The topological polar surface area (TPSA) is 51.2 Å². The molecule has 0 saturated heterocycles. The molecule has 1 heterocycles. The molecule has 1 saturated carbocycles. The number of methoxy groups -OCH3 is 1. The van der Waals surface area contributed by atoms with Crippen molar-refractivity contribution in [1.29, 1.82) is 0 Å². The van der Waals surface area contributed by atoms with E-state index >= 15 is 0 Å². The second kappa shape index (κ2) is 5.89. The zero-order valence-corrected chi connectivity index (χ0v) is 12.1. The van der Waals surface area contributed by atoms with Gasteiger partial charge < -0.3 is 10.1 Å². The van der Waals surface area contributed by atoms with Crippen LogP contribution in [0.25, 0.3) is 0 Å². The highest BCUT2D eigenvalue weighted by Gasteiger charge is 2.24. The summed E-state index contributed by atoms with van der Waals surface area (Å²) in [6.45, 7) is 2.24. The molecule has 0 aliphatic heterocycles. The van der Waals surface area contributed by atoms with E-state index < -0.39 is 5.97 Å². The number of carbonyl (C=O) groups excluding carboxylic acids is 1. The maximum absolute atomic E-state index is 11.4. The van der Waals surface area contributed by atoms with Gasteiger partial charge in [0.25, 0.3) is 0 Å². The van der Waals surface area contributed by atoms with E-state index in [1.807, 2.05) is 0 Å². The summed E-state index contributed by atoms with van der Waals surface area (Å²) in [5.41, 5.74) is 0. The minimum absolute atomic E-state index is 0.220. The highest BCUT2D eigenvalue weighted by Crippen LogP contribution is 2.31. The van der Waals surface area contributed by atoms with Crippen LogP contribution in [0.2, 0.25) is 5.15 Å². The molecule has 100 valence electrons. The molecule has 2 atom stereocenters. The summed E-state index contributed by atoms with van der Waals surface area (Å²) < 4.78 is 4.66. The third kappa shape index (κ3) is 2.95. The van der Waals surface area contributed by atoms with Crippen LogP contribution >= 0.6 is 22.9 Å². The lowest BCUT2D eigenvalue weighted by Crippen LogP contribution is -2.30. The summed E-state index contributed by atoms with van der Waals surface area (Å²) in [7, 11) is 1.34. The molecule has 0 aromatic carbocycles. The first-order valence-electron chi connectivity index (χ1n) is 6.13. The highest BCUT2D eigenvalue weighted by atomic mass is 35.5. The van der Waals surface area contributed by atoms with Gasteiger partial charge in [-0.15, -0.1) is 0 Å². The average molecular weight is 289 g/mol. The van der Waals surface area contributed by atoms with E-state index in [0.29, 0.717) is 22.0 Å². The molecule has 2 unspecified atom stereocenters. The Kier molecular flexibility index (Phi) is 4.45. The van der Waals surface area contributed by atoms with Gasteiger partial charge in [-0.2, -0.15) is 0 Å². The van der Waals surface area contributed by atoms with Crippen LogP contribution in [0.5, 0.6) is 0 Å². The lowest BCUT2D eigenvalue weighted by Gasteiger charge is -2.29. The third-order valence-corrected chi connectivity index (χ3v) is 4.73. The monoisotopic (exact) mass is 288 g/mol. The number of hydrogen-bond donors (Lipinski definition) is 1. The number of anilines is 1. The summed E-state index contributed by atoms with van der Waals surface area (Å²) in [5.74, 6) is 0.199. The van der Waals surface area contributed by atoms with Crippen molar-refractivity contribution < 1.29 is 9.53 Å². The van der Waals surface area contributed by atoms with E-state index in [0.717, 1.165) is 6.42 Å². The van der Waals surface area contributed by atoms with Gasteiger partial charge in [0, 0.05) is 6.04 Å². The van der Waals surface area contributed by atoms with E-state index in [1.54, 1.807) is 0 Å². The Hall–Kier alpha value is -0.810. The molecule has 0 amide bonds. The number of nitrogens with zero attached hydrogens (tertiary/aromatic N) is 1.